The third-order valence-corrected chi connectivity index (χ3v) is 5.56. The second-order valence-electron chi connectivity index (χ2n) is 7.12. The molecule has 144 valence electrons. The molecule has 2 atom stereocenters. The quantitative estimate of drug-likeness (QED) is 0.818. The van der Waals surface area contributed by atoms with Crippen LogP contribution >= 0.6 is 0 Å². The number of benzene rings is 1. The number of hydrogen-bond acceptors (Lipinski definition) is 4. The Morgan fingerprint density at radius 3 is 2.59 bits per heavy atom. The van der Waals surface area contributed by atoms with E-state index in [1.807, 2.05) is 31.3 Å². The Hall–Kier alpha value is -2.67. The number of carbonyl (C=O) groups excluding carboxylic acids is 2. The van der Waals surface area contributed by atoms with E-state index in [4.69, 9.17) is 0 Å². The van der Waals surface area contributed by atoms with E-state index < -0.39 is 0 Å². The van der Waals surface area contributed by atoms with E-state index in [9.17, 15) is 14.4 Å². The van der Waals surface area contributed by atoms with Gasteiger partial charge in [-0.3, -0.25) is 19.3 Å². The van der Waals surface area contributed by atoms with E-state index >= 15 is 0 Å². The van der Waals surface area contributed by atoms with Crippen LogP contribution in [-0.4, -0.2) is 54.0 Å². The molecule has 2 amide bonds. The number of likely N-dealkylation sites (tertiary alicyclic amines) is 1. The number of nitrogens with one attached hydrogen (secondary N) is 2. The molecule has 7 heteroatoms. The van der Waals surface area contributed by atoms with Crippen molar-refractivity contribution in [2.75, 3.05) is 20.6 Å². The molecule has 1 aliphatic heterocycles. The second kappa shape index (κ2) is 7.92. The van der Waals surface area contributed by atoms with Gasteiger partial charge in [-0.2, -0.15) is 0 Å². The van der Waals surface area contributed by atoms with Crippen LogP contribution in [0.3, 0.4) is 0 Å². The number of aromatic nitrogens is 1. The largest absolute Gasteiger partial charge is 0.359 e. The molecular formula is C20H26N4O3. The summed E-state index contributed by atoms with van der Waals surface area (Å²) < 4.78 is 1.51. The lowest BCUT2D eigenvalue weighted by Gasteiger charge is -2.25. The van der Waals surface area contributed by atoms with Gasteiger partial charge in [0.25, 0.3) is 11.5 Å². The number of fused-ring (bicyclic) bond motifs is 1. The zero-order chi connectivity index (χ0) is 19.6. The van der Waals surface area contributed by atoms with Crippen LogP contribution in [0.15, 0.2) is 35.1 Å². The molecular weight excluding hydrogens is 344 g/mol. The minimum Gasteiger partial charge on any atom is -0.359 e. The smallest absolute Gasteiger partial charge is 0.263 e. The van der Waals surface area contributed by atoms with Gasteiger partial charge < -0.3 is 15.2 Å². The van der Waals surface area contributed by atoms with Crippen molar-refractivity contribution in [3.05, 3.63) is 46.2 Å². The fraction of sp³-hybridized carbons (Fsp3) is 0.450. The highest BCUT2D eigenvalue weighted by molar-refractivity contribution is 5.97. The van der Waals surface area contributed by atoms with Crippen molar-refractivity contribution in [3.8, 4) is 0 Å². The summed E-state index contributed by atoms with van der Waals surface area (Å²) in [4.78, 5) is 38.9. The average molecular weight is 370 g/mol. The van der Waals surface area contributed by atoms with Crippen molar-refractivity contribution in [2.45, 2.75) is 31.3 Å². The Morgan fingerprint density at radius 1 is 1.15 bits per heavy atom. The van der Waals surface area contributed by atoms with Gasteiger partial charge in [0.2, 0.25) is 5.91 Å². The molecule has 3 rings (SSSR count). The van der Waals surface area contributed by atoms with Crippen molar-refractivity contribution >= 4 is 22.7 Å². The molecule has 0 unspecified atom stereocenters. The van der Waals surface area contributed by atoms with Crippen molar-refractivity contribution < 1.29 is 9.59 Å². The molecule has 1 fully saturated rings. The maximum Gasteiger partial charge on any atom is 0.263 e. The van der Waals surface area contributed by atoms with Crippen LogP contribution < -0.4 is 16.2 Å². The monoisotopic (exact) mass is 370 g/mol. The fourth-order valence-corrected chi connectivity index (χ4v) is 3.79. The van der Waals surface area contributed by atoms with Gasteiger partial charge in [0, 0.05) is 39.1 Å². The van der Waals surface area contributed by atoms with Crippen LogP contribution in [0.25, 0.3) is 10.9 Å². The second-order valence-corrected chi connectivity index (χ2v) is 7.12. The standard InChI is InChI=1S/C20H26N4O3/c1-21-18(25)11-14-8-9-15(23(14)2)12-22-19(26)16-10-13-6-4-5-7-17(13)24(3)20(16)27/h4-7,10,14-15H,8-9,11-12H2,1-3H3,(H,21,25)(H,22,26)/t14-,15+/m1/s1. The minimum absolute atomic E-state index is 0.0243. The molecule has 0 radical (unpaired) electrons. The van der Waals surface area contributed by atoms with Gasteiger partial charge in [-0.1, -0.05) is 18.2 Å². The SMILES string of the molecule is CNC(=O)C[C@H]1CC[C@@H](CNC(=O)c2cc3ccccc3n(C)c2=O)N1C. The fourth-order valence-electron chi connectivity index (χ4n) is 3.79. The third-order valence-electron chi connectivity index (χ3n) is 5.56. The Bertz CT molecular complexity index is 921. The maximum atomic E-state index is 12.6. The number of hydrogen-bond donors (Lipinski definition) is 2. The molecule has 0 aliphatic carbocycles. The number of amides is 2. The molecule has 2 heterocycles. The summed E-state index contributed by atoms with van der Waals surface area (Å²) in [7, 11) is 5.29. The van der Waals surface area contributed by atoms with Gasteiger partial charge in [-0.15, -0.1) is 0 Å². The molecule has 27 heavy (non-hydrogen) atoms. The van der Waals surface area contributed by atoms with Crippen molar-refractivity contribution in [3.63, 3.8) is 0 Å². The van der Waals surface area contributed by atoms with Crippen LogP contribution in [0.1, 0.15) is 29.6 Å². The lowest BCUT2D eigenvalue weighted by atomic mass is 10.1. The van der Waals surface area contributed by atoms with Gasteiger partial charge in [0.1, 0.15) is 5.56 Å². The molecule has 0 saturated carbocycles. The number of likely N-dealkylation sites (N-methyl/N-ethyl adjacent to an activating group) is 1. The molecule has 2 aromatic rings. The van der Waals surface area contributed by atoms with Gasteiger partial charge in [-0.05, 0) is 37.4 Å². The minimum atomic E-state index is -0.357. The molecule has 0 bridgehead atoms. The van der Waals surface area contributed by atoms with E-state index in [0.717, 1.165) is 23.7 Å². The zero-order valence-corrected chi connectivity index (χ0v) is 16.0. The Labute approximate surface area is 158 Å². The number of nitrogens with zero attached hydrogens (tertiary/aromatic N) is 2. The van der Waals surface area contributed by atoms with Crippen molar-refractivity contribution in [2.24, 2.45) is 7.05 Å². The average Bonchev–Trinajstić information content (AvgIpc) is 3.02. The number of pyridine rings is 1. The summed E-state index contributed by atoms with van der Waals surface area (Å²) in [6.45, 7) is 0.454. The van der Waals surface area contributed by atoms with Crippen LogP contribution in [-0.2, 0) is 11.8 Å². The van der Waals surface area contributed by atoms with Gasteiger partial charge >= 0.3 is 0 Å². The summed E-state index contributed by atoms with van der Waals surface area (Å²) in [6, 6.07) is 9.49. The Kier molecular flexibility index (Phi) is 5.60. The van der Waals surface area contributed by atoms with Crippen LogP contribution in [0, 0.1) is 0 Å². The van der Waals surface area contributed by atoms with E-state index in [1.54, 1.807) is 20.2 Å². The molecule has 1 aliphatic rings. The van der Waals surface area contributed by atoms with E-state index in [0.29, 0.717) is 13.0 Å². The van der Waals surface area contributed by atoms with Crippen molar-refractivity contribution in [1.82, 2.24) is 20.1 Å². The third kappa shape index (κ3) is 3.88. The van der Waals surface area contributed by atoms with E-state index in [2.05, 4.69) is 15.5 Å². The lowest BCUT2D eigenvalue weighted by Crippen LogP contribution is -2.43. The van der Waals surface area contributed by atoms with Gasteiger partial charge in [-0.25, -0.2) is 0 Å². The Balaban J connectivity index is 1.68. The molecule has 1 saturated heterocycles. The summed E-state index contributed by atoms with van der Waals surface area (Å²) in [6.07, 6.45) is 2.29. The normalized spacial score (nSPS) is 20.0. The first-order valence-corrected chi connectivity index (χ1v) is 9.22. The number of aryl methyl sites for hydroxylation is 1. The van der Waals surface area contributed by atoms with Crippen LogP contribution in [0.4, 0.5) is 0 Å². The summed E-state index contributed by atoms with van der Waals surface area (Å²) in [5.41, 5.74) is 0.647. The maximum absolute atomic E-state index is 12.6. The summed E-state index contributed by atoms with van der Waals surface area (Å²) >= 11 is 0. The first-order chi connectivity index (χ1) is 12.9. The van der Waals surface area contributed by atoms with Crippen LogP contribution in [0.5, 0.6) is 0 Å². The van der Waals surface area contributed by atoms with E-state index in [-0.39, 0.29) is 35.0 Å². The molecule has 0 spiro atoms. The van der Waals surface area contributed by atoms with Crippen molar-refractivity contribution in [1.29, 1.82) is 0 Å². The summed E-state index contributed by atoms with van der Waals surface area (Å²) in [5, 5.41) is 6.41. The first kappa shape index (κ1) is 19.1. The number of carbonyl (C=O) groups is 2. The van der Waals surface area contributed by atoms with Gasteiger partial charge in [0.05, 0.1) is 5.52 Å². The predicted molar refractivity (Wildman–Crippen MR) is 105 cm³/mol. The lowest BCUT2D eigenvalue weighted by molar-refractivity contribution is -0.121. The van der Waals surface area contributed by atoms with Gasteiger partial charge in [0.15, 0.2) is 0 Å². The molecule has 2 N–H and O–H groups in total. The number of para-hydroxylation sites is 1. The summed E-state index contributed by atoms with van der Waals surface area (Å²) in [5.74, 6) is -0.333. The molecule has 7 nitrogen and oxygen atoms in total. The Morgan fingerprint density at radius 2 is 1.85 bits per heavy atom. The highest BCUT2D eigenvalue weighted by Gasteiger charge is 2.31. The topological polar surface area (TPSA) is 83.4 Å². The molecule has 1 aromatic heterocycles. The first-order valence-electron chi connectivity index (χ1n) is 9.22. The zero-order valence-electron chi connectivity index (χ0n) is 16.0. The van der Waals surface area contributed by atoms with Crippen LogP contribution in [0.2, 0.25) is 0 Å². The number of rotatable bonds is 5. The molecule has 1 aromatic carbocycles. The highest BCUT2D eigenvalue weighted by atomic mass is 16.2. The van der Waals surface area contributed by atoms with E-state index in [1.165, 1.54) is 4.57 Å². The predicted octanol–water partition coefficient (Wildman–Crippen LogP) is 0.867. The highest BCUT2D eigenvalue weighted by Crippen LogP contribution is 2.24.